The monoisotopic (exact) mass is 295 g/mol. The van der Waals surface area contributed by atoms with Gasteiger partial charge in [-0.25, -0.2) is 8.42 Å². The zero-order chi connectivity index (χ0) is 14.2. The normalized spacial score (nSPS) is 24.0. The summed E-state index contributed by atoms with van der Waals surface area (Å²) in [5.74, 6) is 0.496. The molecule has 2 aliphatic rings. The average molecular weight is 295 g/mol. The van der Waals surface area contributed by atoms with Gasteiger partial charge in [0.15, 0.2) is 0 Å². The van der Waals surface area contributed by atoms with Crippen LogP contribution in [0, 0.1) is 0 Å². The van der Waals surface area contributed by atoms with Gasteiger partial charge in [-0.15, -0.1) is 4.40 Å². The molecule has 0 aliphatic carbocycles. The highest BCUT2D eigenvalue weighted by Crippen LogP contribution is 2.28. The molecular formula is C13H17N3O3S. The lowest BCUT2D eigenvalue weighted by Gasteiger charge is -2.19. The summed E-state index contributed by atoms with van der Waals surface area (Å²) < 4.78 is 32.5. The summed E-state index contributed by atoms with van der Waals surface area (Å²) in [6.07, 6.45) is 2.25. The highest BCUT2D eigenvalue weighted by Gasteiger charge is 2.25. The molecule has 0 amide bonds. The largest absolute Gasteiger partial charge is 0.491 e. The second kappa shape index (κ2) is 5.06. The molecule has 0 aromatic heterocycles. The fourth-order valence-corrected chi connectivity index (χ4v) is 3.71. The van der Waals surface area contributed by atoms with Crippen LogP contribution >= 0.6 is 0 Å². The second-order valence-corrected chi connectivity index (χ2v) is 6.73. The minimum absolute atomic E-state index is 0.0150. The van der Waals surface area contributed by atoms with E-state index in [0.717, 1.165) is 19.4 Å². The molecule has 1 saturated heterocycles. The van der Waals surface area contributed by atoms with Crippen LogP contribution in [0.5, 0.6) is 5.75 Å². The topological polar surface area (TPSA) is 93.8 Å². The van der Waals surface area contributed by atoms with Crippen molar-refractivity contribution in [3.05, 3.63) is 29.3 Å². The molecule has 2 aliphatic heterocycles. The van der Waals surface area contributed by atoms with Crippen LogP contribution in [0.3, 0.4) is 0 Å². The standard InChI is InChI=1S/C13H17N3O3S/c14-13-12-9(8-20(17,18)16-13)3-1-5-11(12)19-7-10-4-2-6-15-10/h1,3,5,10,15H,2,4,6-8H2,(H2,14,16)/t10-/m1/s1. The minimum Gasteiger partial charge on any atom is -0.491 e. The SMILES string of the molecule is NC1=NS(=O)(=O)Cc2cccc(OC[C@H]3CCCN3)c21. The Morgan fingerprint density at radius 1 is 1.45 bits per heavy atom. The van der Waals surface area contributed by atoms with Gasteiger partial charge >= 0.3 is 0 Å². The van der Waals surface area contributed by atoms with Crippen molar-refractivity contribution in [3.8, 4) is 5.75 Å². The third kappa shape index (κ3) is 2.64. The van der Waals surface area contributed by atoms with Gasteiger partial charge in [0.25, 0.3) is 10.0 Å². The van der Waals surface area contributed by atoms with Crippen LogP contribution in [0.1, 0.15) is 24.0 Å². The van der Waals surface area contributed by atoms with E-state index in [4.69, 9.17) is 10.5 Å². The number of hydrogen-bond acceptors (Lipinski definition) is 5. The van der Waals surface area contributed by atoms with Gasteiger partial charge in [-0.2, -0.15) is 0 Å². The van der Waals surface area contributed by atoms with Crippen LogP contribution in [-0.4, -0.2) is 33.4 Å². The van der Waals surface area contributed by atoms with Gasteiger partial charge in [-0.1, -0.05) is 12.1 Å². The van der Waals surface area contributed by atoms with Crippen molar-refractivity contribution < 1.29 is 13.2 Å². The van der Waals surface area contributed by atoms with Crippen molar-refractivity contribution in [3.63, 3.8) is 0 Å². The fraction of sp³-hybridized carbons (Fsp3) is 0.462. The third-order valence-electron chi connectivity index (χ3n) is 3.55. The zero-order valence-electron chi connectivity index (χ0n) is 11.0. The van der Waals surface area contributed by atoms with Crippen molar-refractivity contribution >= 4 is 15.9 Å². The number of hydrogen-bond donors (Lipinski definition) is 2. The van der Waals surface area contributed by atoms with Crippen LogP contribution in [0.15, 0.2) is 22.6 Å². The summed E-state index contributed by atoms with van der Waals surface area (Å²) >= 11 is 0. The first-order valence-electron chi connectivity index (χ1n) is 6.62. The van der Waals surface area contributed by atoms with E-state index in [1.807, 2.05) is 0 Å². The first-order chi connectivity index (χ1) is 9.55. The minimum atomic E-state index is -3.50. The van der Waals surface area contributed by atoms with Crippen LogP contribution in [0.4, 0.5) is 0 Å². The maximum Gasteiger partial charge on any atom is 0.259 e. The van der Waals surface area contributed by atoms with E-state index in [9.17, 15) is 8.42 Å². The number of fused-ring (bicyclic) bond motifs is 1. The highest BCUT2D eigenvalue weighted by molar-refractivity contribution is 7.89. The molecule has 0 bridgehead atoms. The Labute approximate surface area is 118 Å². The van der Waals surface area contributed by atoms with Crippen molar-refractivity contribution in [1.82, 2.24) is 5.32 Å². The Balaban J connectivity index is 1.86. The lowest BCUT2D eigenvalue weighted by Crippen LogP contribution is -2.29. The number of rotatable bonds is 3. The van der Waals surface area contributed by atoms with Gasteiger partial charge in [-0.3, -0.25) is 0 Å². The summed E-state index contributed by atoms with van der Waals surface area (Å²) in [5, 5.41) is 3.35. The molecule has 108 valence electrons. The summed E-state index contributed by atoms with van der Waals surface area (Å²) in [4.78, 5) is 0. The molecular weight excluding hydrogens is 278 g/mol. The third-order valence-corrected chi connectivity index (χ3v) is 4.70. The number of benzene rings is 1. The Kier molecular flexibility index (Phi) is 3.39. The molecule has 1 aromatic carbocycles. The number of amidine groups is 1. The molecule has 0 radical (unpaired) electrons. The van der Waals surface area contributed by atoms with Crippen molar-refractivity contribution in [2.75, 3.05) is 13.2 Å². The summed E-state index contributed by atoms with van der Waals surface area (Å²) in [5.41, 5.74) is 7.04. The number of nitrogens with one attached hydrogen (secondary N) is 1. The van der Waals surface area contributed by atoms with E-state index in [-0.39, 0.29) is 11.6 Å². The van der Waals surface area contributed by atoms with E-state index in [2.05, 4.69) is 9.71 Å². The lowest BCUT2D eigenvalue weighted by atomic mass is 10.1. The smallest absolute Gasteiger partial charge is 0.259 e. The molecule has 2 heterocycles. The van der Waals surface area contributed by atoms with Crippen LogP contribution in [0.25, 0.3) is 0 Å². The van der Waals surface area contributed by atoms with Crippen molar-refractivity contribution in [2.24, 2.45) is 10.1 Å². The van der Waals surface area contributed by atoms with Gasteiger partial charge in [0.05, 0.1) is 11.3 Å². The fourth-order valence-electron chi connectivity index (χ4n) is 2.62. The molecule has 3 rings (SSSR count). The van der Waals surface area contributed by atoms with E-state index in [1.54, 1.807) is 18.2 Å². The van der Waals surface area contributed by atoms with Gasteiger partial charge in [-0.05, 0) is 31.0 Å². The molecule has 7 heteroatoms. The Morgan fingerprint density at radius 2 is 2.30 bits per heavy atom. The van der Waals surface area contributed by atoms with Gasteiger partial charge in [0.1, 0.15) is 18.2 Å². The molecule has 1 aromatic rings. The maximum absolute atomic E-state index is 11.6. The molecule has 0 unspecified atom stereocenters. The van der Waals surface area contributed by atoms with E-state index in [0.29, 0.717) is 29.5 Å². The molecule has 1 fully saturated rings. The predicted octanol–water partition coefficient (Wildman–Crippen LogP) is 0.366. The Hall–Kier alpha value is -1.60. The second-order valence-electron chi connectivity index (χ2n) is 5.10. The molecule has 0 saturated carbocycles. The van der Waals surface area contributed by atoms with Gasteiger partial charge < -0.3 is 15.8 Å². The number of nitrogens with zero attached hydrogens (tertiary/aromatic N) is 1. The summed E-state index contributed by atoms with van der Waals surface area (Å²) in [6.45, 7) is 1.57. The highest BCUT2D eigenvalue weighted by atomic mass is 32.2. The van der Waals surface area contributed by atoms with E-state index >= 15 is 0 Å². The van der Waals surface area contributed by atoms with Crippen molar-refractivity contribution in [1.29, 1.82) is 0 Å². The molecule has 3 N–H and O–H groups in total. The van der Waals surface area contributed by atoms with Crippen molar-refractivity contribution in [2.45, 2.75) is 24.6 Å². The Bertz CT molecular complexity index is 649. The van der Waals surface area contributed by atoms with Crippen LogP contribution in [0.2, 0.25) is 0 Å². The molecule has 6 nitrogen and oxygen atoms in total. The number of nitrogens with two attached hydrogens (primary N) is 1. The van der Waals surface area contributed by atoms with E-state index < -0.39 is 10.0 Å². The summed E-state index contributed by atoms with van der Waals surface area (Å²) in [6, 6.07) is 5.67. The molecule has 20 heavy (non-hydrogen) atoms. The maximum atomic E-state index is 11.6. The number of sulfonamides is 1. The van der Waals surface area contributed by atoms with Gasteiger partial charge in [0.2, 0.25) is 0 Å². The quantitative estimate of drug-likeness (QED) is 0.840. The number of ether oxygens (including phenoxy) is 1. The molecule has 1 atom stereocenters. The van der Waals surface area contributed by atoms with E-state index in [1.165, 1.54) is 0 Å². The molecule has 0 spiro atoms. The zero-order valence-corrected chi connectivity index (χ0v) is 11.8. The summed E-state index contributed by atoms with van der Waals surface area (Å²) in [7, 11) is -3.50. The van der Waals surface area contributed by atoms with Crippen LogP contribution in [-0.2, 0) is 15.8 Å². The first-order valence-corrected chi connectivity index (χ1v) is 8.23. The Morgan fingerprint density at radius 3 is 3.05 bits per heavy atom. The predicted molar refractivity (Wildman–Crippen MR) is 76.3 cm³/mol. The lowest BCUT2D eigenvalue weighted by molar-refractivity contribution is 0.276. The first kappa shape index (κ1) is 13.4. The van der Waals surface area contributed by atoms with Gasteiger partial charge in [0, 0.05) is 6.04 Å². The average Bonchev–Trinajstić information content (AvgIpc) is 2.87. The van der Waals surface area contributed by atoms with Crippen LogP contribution < -0.4 is 15.8 Å².